The molecule has 0 radical (unpaired) electrons. The summed E-state index contributed by atoms with van der Waals surface area (Å²) in [5.41, 5.74) is 2.49. The van der Waals surface area contributed by atoms with Crippen LogP contribution in [-0.4, -0.2) is 5.11 Å². The first-order valence-electron chi connectivity index (χ1n) is 7.00. The van der Waals surface area contributed by atoms with Crippen molar-refractivity contribution in [2.75, 3.05) is 0 Å². The van der Waals surface area contributed by atoms with Gasteiger partial charge in [0.2, 0.25) is 0 Å². The van der Waals surface area contributed by atoms with Crippen LogP contribution in [0.3, 0.4) is 0 Å². The highest BCUT2D eigenvalue weighted by atomic mass is 16.3. The summed E-state index contributed by atoms with van der Waals surface area (Å²) in [5, 5.41) is 10.3. The van der Waals surface area contributed by atoms with Gasteiger partial charge in [-0.2, -0.15) is 0 Å². The Morgan fingerprint density at radius 3 is 2.18 bits per heavy atom. The van der Waals surface area contributed by atoms with Gasteiger partial charge < -0.3 is 5.11 Å². The number of benzene rings is 1. The highest BCUT2D eigenvalue weighted by Gasteiger charge is 2.24. The van der Waals surface area contributed by atoms with Crippen LogP contribution in [0.5, 0.6) is 0 Å². The molecule has 1 nitrogen and oxygen atoms in total. The molecule has 0 amide bonds. The summed E-state index contributed by atoms with van der Waals surface area (Å²) in [4.78, 5) is 0. The minimum absolute atomic E-state index is 0.247. The summed E-state index contributed by atoms with van der Waals surface area (Å²) >= 11 is 0. The lowest BCUT2D eigenvalue weighted by atomic mass is 9.91. The number of aliphatic hydroxyl groups excluding tert-OH is 1. The zero-order valence-corrected chi connectivity index (χ0v) is 11.0. The summed E-state index contributed by atoms with van der Waals surface area (Å²) in [5.74, 6) is 1.11. The predicted molar refractivity (Wildman–Crippen MR) is 72.1 cm³/mol. The van der Waals surface area contributed by atoms with E-state index in [1.165, 1.54) is 37.7 Å². The van der Waals surface area contributed by atoms with E-state index >= 15 is 0 Å². The third-order valence-corrected chi connectivity index (χ3v) is 4.31. The lowest BCUT2D eigenvalue weighted by Crippen LogP contribution is -2.08. The van der Waals surface area contributed by atoms with E-state index in [0.717, 1.165) is 5.56 Å². The molecule has 1 saturated carbocycles. The van der Waals surface area contributed by atoms with Crippen LogP contribution in [0.1, 0.15) is 69.1 Å². The van der Waals surface area contributed by atoms with E-state index < -0.39 is 0 Å². The number of aliphatic hydroxyl groups is 1. The van der Waals surface area contributed by atoms with Crippen molar-refractivity contribution in [2.24, 2.45) is 5.92 Å². The highest BCUT2D eigenvalue weighted by Crippen LogP contribution is 2.35. The summed E-state index contributed by atoms with van der Waals surface area (Å²) in [6.07, 6.45) is 5.87. The first-order valence-corrected chi connectivity index (χ1v) is 7.00. The molecule has 2 atom stereocenters. The molecule has 94 valence electrons. The van der Waals surface area contributed by atoms with Gasteiger partial charge in [0.15, 0.2) is 0 Å². The van der Waals surface area contributed by atoms with Crippen molar-refractivity contribution in [3.05, 3.63) is 35.4 Å². The molecule has 0 bridgehead atoms. The Morgan fingerprint density at radius 1 is 1.12 bits per heavy atom. The van der Waals surface area contributed by atoms with E-state index in [9.17, 15) is 5.11 Å². The van der Waals surface area contributed by atoms with Crippen molar-refractivity contribution in [1.29, 1.82) is 0 Å². The van der Waals surface area contributed by atoms with E-state index in [1.54, 1.807) is 0 Å². The molecule has 1 N–H and O–H groups in total. The molecule has 1 fully saturated rings. The topological polar surface area (TPSA) is 20.2 Å². The molecule has 17 heavy (non-hydrogen) atoms. The molecule has 2 rings (SSSR count). The van der Waals surface area contributed by atoms with Crippen LogP contribution in [0.15, 0.2) is 24.3 Å². The molecular weight excluding hydrogens is 208 g/mol. The van der Waals surface area contributed by atoms with E-state index in [-0.39, 0.29) is 6.10 Å². The first-order chi connectivity index (χ1) is 8.22. The van der Waals surface area contributed by atoms with Crippen molar-refractivity contribution >= 4 is 0 Å². The van der Waals surface area contributed by atoms with Crippen LogP contribution in [0, 0.1) is 5.92 Å². The molecule has 1 aromatic rings. The fourth-order valence-corrected chi connectivity index (χ4v) is 2.80. The summed E-state index contributed by atoms with van der Waals surface area (Å²) in [7, 11) is 0. The molecule has 0 heterocycles. The van der Waals surface area contributed by atoms with Crippen LogP contribution in [0.4, 0.5) is 0 Å². The van der Waals surface area contributed by atoms with Crippen LogP contribution in [-0.2, 0) is 0 Å². The molecule has 1 aromatic carbocycles. The standard InChI is InChI=1S/C16H24O/c1-3-12(2)13-8-10-15(11-9-13)16(17)14-6-4-5-7-14/h8-12,14,16-17H,3-7H2,1-2H3. The smallest absolute Gasteiger partial charge is 0.0818 e. The van der Waals surface area contributed by atoms with Gasteiger partial charge in [-0.05, 0) is 42.2 Å². The zero-order chi connectivity index (χ0) is 12.3. The van der Waals surface area contributed by atoms with E-state index in [1.807, 2.05) is 0 Å². The second-order valence-electron chi connectivity index (χ2n) is 5.47. The molecule has 1 aliphatic carbocycles. The molecule has 1 heteroatoms. The first kappa shape index (κ1) is 12.6. The van der Waals surface area contributed by atoms with Crippen molar-refractivity contribution in [1.82, 2.24) is 0 Å². The lowest BCUT2D eigenvalue weighted by molar-refractivity contribution is 0.111. The molecule has 0 aromatic heterocycles. The maximum absolute atomic E-state index is 10.3. The average molecular weight is 232 g/mol. The number of hydrogen-bond donors (Lipinski definition) is 1. The summed E-state index contributed by atoms with van der Waals surface area (Å²) < 4.78 is 0. The monoisotopic (exact) mass is 232 g/mol. The average Bonchev–Trinajstić information content (AvgIpc) is 2.91. The molecule has 0 spiro atoms. The normalized spacial score (nSPS) is 20.4. The maximum atomic E-state index is 10.3. The Balaban J connectivity index is 2.06. The van der Waals surface area contributed by atoms with Crippen LogP contribution in [0.2, 0.25) is 0 Å². The maximum Gasteiger partial charge on any atom is 0.0818 e. The van der Waals surface area contributed by atoms with Crippen molar-refractivity contribution in [3.8, 4) is 0 Å². The van der Waals surface area contributed by atoms with Gasteiger partial charge in [-0.3, -0.25) is 0 Å². The molecule has 1 aliphatic rings. The quantitative estimate of drug-likeness (QED) is 0.814. The van der Waals surface area contributed by atoms with Crippen molar-refractivity contribution < 1.29 is 5.11 Å². The van der Waals surface area contributed by atoms with Gasteiger partial charge in [0.1, 0.15) is 0 Å². The largest absolute Gasteiger partial charge is 0.388 e. The zero-order valence-electron chi connectivity index (χ0n) is 11.0. The lowest BCUT2D eigenvalue weighted by Gasteiger charge is -2.19. The highest BCUT2D eigenvalue weighted by molar-refractivity contribution is 5.26. The molecule has 0 aliphatic heterocycles. The summed E-state index contributed by atoms with van der Waals surface area (Å²) in [6.45, 7) is 4.47. The second kappa shape index (κ2) is 5.68. The SMILES string of the molecule is CCC(C)c1ccc(C(O)C2CCCC2)cc1. The predicted octanol–water partition coefficient (Wildman–Crippen LogP) is 4.42. The summed E-state index contributed by atoms with van der Waals surface area (Å²) in [6, 6.07) is 8.60. The third kappa shape index (κ3) is 2.90. The third-order valence-electron chi connectivity index (χ3n) is 4.31. The Labute approximate surface area is 105 Å². The van der Waals surface area contributed by atoms with Gasteiger partial charge in [-0.15, -0.1) is 0 Å². The Bertz CT molecular complexity index is 335. The van der Waals surface area contributed by atoms with Gasteiger partial charge in [-0.25, -0.2) is 0 Å². The number of hydrogen-bond acceptors (Lipinski definition) is 1. The Hall–Kier alpha value is -0.820. The number of rotatable bonds is 4. The van der Waals surface area contributed by atoms with Crippen LogP contribution in [0.25, 0.3) is 0 Å². The fraction of sp³-hybridized carbons (Fsp3) is 0.625. The van der Waals surface area contributed by atoms with E-state index in [0.29, 0.717) is 11.8 Å². The van der Waals surface area contributed by atoms with E-state index in [2.05, 4.69) is 38.1 Å². The minimum Gasteiger partial charge on any atom is -0.388 e. The van der Waals surface area contributed by atoms with Gasteiger partial charge in [0, 0.05) is 0 Å². The van der Waals surface area contributed by atoms with Gasteiger partial charge in [0.05, 0.1) is 6.10 Å². The van der Waals surface area contributed by atoms with Crippen LogP contribution < -0.4 is 0 Å². The molecular formula is C16H24O. The van der Waals surface area contributed by atoms with Gasteiger partial charge in [-0.1, -0.05) is 51.0 Å². The van der Waals surface area contributed by atoms with Crippen LogP contribution >= 0.6 is 0 Å². The molecule has 2 unspecified atom stereocenters. The van der Waals surface area contributed by atoms with E-state index in [4.69, 9.17) is 0 Å². The Morgan fingerprint density at radius 2 is 1.65 bits per heavy atom. The fourth-order valence-electron chi connectivity index (χ4n) is 2.80. The van der Waals surface area contributed by atoms with Crippen molar-refractivity contribution in [3.63, 3.8) is 0 Å². The second-order valence-corrected chi connectivity index (χ2v) is 5.47. The minimum atomic E-state index is -0.247. The van der Waals surface area contributed by atoms with Crippen molar-refractivity contribution in [2.45, 2.75) is 58.0 Å². The van der Waals surface area contributed by atoms with Gasteiger partial charge >= 0.3 is 0 Å². The van der Waals surface area contributed by atoms with Gasteiger partial charge in [0.25, 0.3) is 0 Å². The Kier molecular flexibility index (Phi) is 4.22. The molecule has 0 saturated heterocycles.